The average molecular weight is 320 g/mol. The monoisotopic (exact) mass is 320 g/mol. The topological polar surface area (TPSA) is 126 Å². The molecule has 0 radical (unpaired) electrons. The Balaban J connectivity index is 2.56. The van der Waals surface area contributed by atoms with Crippen LogP contribution in [0, 0.1) is 34.0 Å². The van der Waals surface area contributed by atoms with Gasteiger partial charge in [0.05, 0.1) is 12.8 Å². The van der Waals surface area contributed by atoms with Crippen LogP contribution >= 0.6 is 0 Å². The lowest BCUT2D eigenvalue weighted by molar-refractivity contribution is 0.248. The fourth-order valence-corrected chi connectivity index (χ4v) is 1.99. The van der Waals surface area contributed by atoms with Gasteiger partial charge >= 0.3 is 0 Å². The van der Waals surface area contributed by atoms with Crippen molar-refractivity contribution in [3.05, 3.63) is 47.4 Å². The van der Waals surface area contributed by atoms with Gasteiger partial charge in [0.15, 0.2) is 5.57 Å². The highest BCUT2D eigenvalue weighted by molar-refractivity contribution is 5.78. The molecular weight excluding hydrogens is 308 g/mol. The summed E-state index contributed by atoms with van der Waals surface area (Å²) in [6.07, 6.45) is 0. The number of hydrogen-bond acceptors (Lipinski definition) is 7. The zero-order valence-electron chi connectivity index (χ0n) is 12.7. The normalized spacial score (nSPS) is 9.29. The van der Waals surface area contributed by atoms with Gasteiger partial charge in [0, 0.05) is 11.6 Å². The molecule has 0 aliphatic heterocycles. The fraction of sp³-hybridized carbons (Fsp3) is 0.118. The van der Waals surface area contributed by atoms with Gasteiger partial charge in [-0.3, -0.25) is 0 Å². The molecule has 2 aromatic rings. The maximum absolute atomic E-state index is 9.19. The average Bonchev–Trinajstić information content (AvgIpc) is 3.10. The quantitative estimate of drug-likeness (QED) is 0.811. The molecule has 1 heterocycles. The third-order valence-corrected chi connectivity index (χ3v) is 3.15. The van der Waals surface area contributed by atoms with Gasteiger partial charge < -0.3 is 19.6 Å². The lowest BCUT2D eigenvalue weighted by Crippen LogP contribution is -2.02. The zero-order valence-corrected chi connectivity index (χ0v) is 12.7. The molecule has 0 atom stereocenters. The van der Waals surface area contributed by atoms with Crippen molar-refractivity contribution >= 4 is 5.69 Å². The smallest absolute Gasteiger partial charge is 0.163 e. The van der Waals surface area contributed by atoms with Gasteiger partial charge in [-0.2, -0.15) is 15.8 Å². The summed E-state index contributed by atoms with van der Waals surface area (Å²) in [6, 6.07) is 13.4. The van der Waals surface area contributed by atoms with Crippen LogP contribution in [0.3, 0.4) is 0 Å². The number of aliphatic hydroxyl groups is 1. The van der Waals surface area contributed by atoms with Crippen molar-refractivity contribution in [3.8, 4) is 35.3 Å². The largest absolute Gasteiger partial charge is 0.497 e. The van der Waals surface area contributed by atoms with Crippen LogP contribution in [0.4, 0.5) is 5.69 Å². The van der Waals surface area contributed by atoms with Crippen LogP contribution in [0.5, 0.6) is 5.75 Å². The Hall–Kier alpha value is -3.73. The number of nitriles is 3. The van der Waals surface area contributed by atoms with Crippen molar-refractivity contribution in [1.29, 1.82) is 15.8 Å². The van der Waals surface area contributed by atoms with Crippen LogP contribution in [0.25, 0.3) is 11.3 Å². The molecule has 0 aliphatic carbocycles. The molecule has 0 saturated carbocycles. The fourth-order valence-electron chi connectivity index (χ4n) is 1.99. The Morgan fingerprint density at radius 1 is 1.17 bits per heavy atom. The van der Waals surface area contributed by atoms with Gasteiger partial charge in [0.2, 0.25) is 0 Å². The van der Waals surface area contributed by atoms with E-state index in [2.05, 4.69) is 5.32 Å². The summed E-state index contributed by atoms with van der Waals surface area (Å²) < 4.78 is 10.7. The Labute approximate surface area is 138 Å². The summed E-state index contributed by atoms with van der Waals surface area (Å²) in [5.74, 6) is 1.36. The molecule has 1 aromatic heterocycles. The number of nitrogens with zero attached hydrogens (tertiary/aromatic N) is 3. The third-order valence-electron chi connectivity index (χ3n) is 3.15. The Morgan fingerprint density at radius 3 is 2.46 bits per heavy atom. The van der Waals surface area contributed by atoms with Gasteiger partial charge in [-0.25, -0.2) is 0 Å². The summed E-state index contributed by atoms with van der Waals surface area (Å²) in [5.41, 5.74) is 0.497. The number of benzene rings is 1. The molecular formula is C17H12N4O3. The number of aliphatic hydroxyl groups excluding tert-OH is 1. The lowest BCUT2D eigenvalue weighted by atomic mass is 10.1. The van der Waals surface area contributed by atoms with Crippen molar-refractivity contribution in [2.45, 2.75) is 6.61 Å². The van der Waals surface area contributed by atoms with E-state index in [1.165, 1.54) is 7.11 Å². The highest BCUT2D eigenvalue weighted by Gasteiger charge is 2.14. The summed E-state index contributed by atoms with van der Waals surface area (Å²) in [4.78, 5) is 0. The maximum Gasteiger partial charge on any atom is 0.163 e. The SMILES string of the molecule is COc1ccc(-c2ccc(CO)o2)c(NC(C#N)=C(C#N)C#N)c1. The minimum Gasteiger partial charge on any atom is -0.497 e. The molecule has 0 amide bonds. The Morgan fingerprint density at radius 2 is 1.92 bits per heavy atom. The Kier molecular flexibility index (Phi) is 5.20. The number of furan rings is 1. The summed E-state index contributed by atoms with van der Waals surface area (Å²) in [7, 11) is 1.49. The van der Waals surface area contributed by atoms with Gasteiger partial charge in [0.1, 0.15) is 47.8 Å². The van der Waals surface area contributed by atoms with Gasteiger partial charge in [-0.15, -0.1) is 0 Å². The molecule has 0 unspecified atom stereocenters. The van der Waals surface area contributed by atoms with Crippen molar-refractivity contribution in [2.24, 2.45) is 0 Å². The van der Waals surface area contributed by atoms with E-state index in [9.17, 15) is 5.26 Å². The van der Waals surface area contributed by atoms with E-state index < -0.39 is 0 Å². The van der Waals surface area contributed by atoms with E-state index >= 15 is 0 Å². The van der Waals surface area contributed by atoms with E-state index in [0.717, 1.165) is 0 Å². The molecule has 118 valence electrons. The molecule has 7 nitrogen and oxygen atoms in total. The Bertz CT molecular complexity index is 891. The van der Waals surface area contributed by atoms with Crippen LogP contribution in [0.2, 0.25) is 0 Å². The van der Waals surface area contributed by atoms with Crippen molar-refractivity contribution in [3.63, 3.8) is 0 Å². The predicted molar refractivity (Wildman–Crippen MR) is 84.1 cm³/mol. The van der Waals surface area contributed by atoms with Crippen molar-refractivity contribution < 1.29 is 14.3 Å². The maximum atomic E-state index is 9.19. The highest BCUT2D eigenvalue weighted by atomic mass is 16.5. The van der Waals surface area contributed by atoms with E-state index in [0.29, 0.717) is 28.5 Å². The zero-order chi connectivity index (χ0) is 17.5. The summed E-state index contributed by atoms with van der Waals surface area (Å²) >= 11 is 0. The molecule has 2 N–H and O–H groups in total. The molecule has 0 saturated heterocycles. The van der Waals surface area contributed by atoms with Crippen molar-refractivity contribution in [1.82, 2.24) is 0 Å². The first-order valence-electron chi connectivity index (χ1n) is 6.76. The molecule has 1 aromatic carbocycles. The van der Waals surface area contributed by atoms with E-state index in [1.54, 1.807) is 48.5 Å². The van der Waals surface area contributed by atoms with Crippen LogP contribution in [0.15, 0.2) is 46.0 Å². The molecule has 0 fully saturated rings. The first kappa shape index (κ1) is 16.6. The minimum atomic E-state index is -0.332. The van der Waals surface area contributed by atoms with Gasteiger partial charge in [-0.05, 0) is 24.3 Å². The van der Waals surface area contributed by atoms with Gasteiger partial charge in [-0.1, -0.05) is 0 Å². The first-order valence-corrected chi connectivity index (χ1v) is 6.76. The molecule has 7 heteroatoms. The summed E-state index contributed by atoms with van der Waals surface area (Å²) in [6.45, 7) is -0.241. The lowest BCUT2D eigenvalue weighted by Gasteiger charge is -2.11. The van der Waals surface area contributed by atoms with Crippen LogP contribution in [-0.4, -0.2) is 12.2 Å². The van der Waals surface area contributed by atoms with Crippen LogP contribution in [0.1, 0.15) is 5.76 Å². The second-order valence-electron chi connectivity index (χ2n) is 4.55. The molecule has 2 rings (SSSR count). The van der Waals surface area contributed by atoms with E-state index in [1.807, 2.05) is 0 Å². The standard InChI is InChI=1S/C17H12N4O3/c1-23-12-2-4-14(17-5-3-13(10-22)24-17)15(6-12)21-16(9-20)11(7-18)8-19/h2-6,21-22H,10H2,1H3. The number of hydrogen-bond donors (Lipinski definition) is 2. The van der Waals surface area contributed by atoms with Crippen LogP contribution in [-0.2, 0) is 6.61 Å². The minimum absolute atomic E-state index is 0.177. The number of methoxy groups -OCH3 is 1. The molecule has 0 spiro atoms. The number of anilines is 1. The number of nitrogens with one attached hydrogen (secondary N) is 1. The molecule has 0 bridgehead atoms. The second kappa shape index (κ2) is 7.51. The van der Waals surface area contributed by atoms with Gasteiger partial charge in [0.25, 0.3) is 0 Å². The highest BCUT2D eigenvalue weighted by Crippen LogP contribution is 2.33. The van der Waals surface area contributed by atoms with Crippen LogP contribution < -0.4 is 10.1 Å². The molecule has 0 aliphatic rings. The summed E-state index contributed by atoms with van der Waals surface area (Å²) in [5, 5.41) is 38.9. The van der Waals surface area contributed by atoms with Crippen molar-refractivity contribution in [2.75, 3.05) is 12.4 Å². The van der Waals surface area contributed by atoms with E-state index in [4.69, 9.17) is 24.8 Å². The van der Waals surface area contributed by atoms with E-state index in [-0.39, 0.29) is 17.9 Å². The molecule has 24 heavy (non-hydrogen) atoms. The number of allylic oxidation sites excluding steroid dienone is 2. The predicted octanol–water partition coefficient (Wildman–Crippen LogP) is 2.68. The third kappa shape index (κ3) is 3.36. The number of ether oxygens (including phenoxy) is 1. The first-order chi connectivity index (χ1) is 11.7. The second-order valence-corrected chi connectivity index (χ2v) is 4.55. The number of rotatable bonds is 5.